The standard InChI is InChI=1S/C24H26BNO4/c1-15-5-8-19(14-20(15)25-29-16(2)23(3,4)30-25)26-22(27)24(10-11-24)18-7-6-17-9-12-28-21(17)13-18/h5-8,13-14H,2,9-12H2,1,3-4H3,(H,26,27). The Morgan fingerprint density at radius 2 is 1.97 bits per heavy atom. The second-order valence-electron chi connectivity index (χ2n) is 9.03. The van der Waals surface area contributed by atoms with Crippen molar-refractivity contribution in [3.05, 3.63) is 65.4 Å². The molecule has 0 unspecified atom stereocenters. The van der Waals surface area contributed by atoms with E-state index in [4.69, 9.17) is 14.0 Å². The molecule has 2 aromatic carbocycles. The van der Waals surface area contributed by atoms with Gasteiger partial charge in [-0.05, 0) is 68.5 Å². The van der Waals surface area contributed by atoms with Gasteiger partial charge < -0.3 is 19.4 Å². The number of carbonyl (C=O) groups excluding carboxylic acids is 1. The number of carbonyl (C=O) groups is 1. The summed E-state index contributed by atoms with van der Waals surface area (Å²) in [6.07, 6.45) is 2.63. The molecule has 6 heteroatoms. The van der Waals surface area contributed by atoms with Crippen molar-refractivity contribution < 1.29 is 18.8 Å². The predicted molar refractivity (Wildman–Crippen MR) is 117 cm³/mol. The Kier molecular flexibility index (Phi) is 4.26. The Hall–Kier alpha value is -2.73. The van der Waals surface area contributed by atoms with Crippen LogP contribution in [0.15, 0.2) is 48.7 Å². The highest BCUT2D eigenvalue weighted by molar-refractivity contribution is 6.63. The quantitative estimate of drug-likeness (QED) is 0.793. The maximum Gasteiger partial charge on any atom is 0.563 e. The van der Waals surface area contributed by atoms with E-state index in [9.17, 15) is 4.79 Å². The minimum absolute atomic E-state index is 0.0215. The Balaban J connectivity index is 1.37. The molecule has 1 amide bonds. The molecule has 0 atom stereocenters. The van der Waals surface area contributed by atoms with E-state index in [0.29, 0.717) is 5.76 Å². The Morgan fingerprint density at radius 3 is 2.67 bits per heavy atom. The van der Waals surface area contributed by atoms with Crippen LogP contribution in [-0.4, -0.2) is 25.2 Å². The van der Waals surface area contributed by atoms with Gasteiger partial charge in [0.15, 0.2) is 0 Å². The molecule has 0 bridgehead atoms. The van der Waals surface area contributed by atoms with E-state index in [2.05, 4.69) is 24.0 Å². The van der Waals surface area contributed by atoms with Gasteiger partial charge in [0.1, 0.15) is 11.4 Å². The van der Waals surface area contributed by atoms with Crippen LogP contribution in [-0.2, 0) is 25.9 Å². The lowest BCUT2D eigenvalue weighted by Gasteiger charge is -2.18. The maximum absolute atomic E-state index is 13.2. The number of aryl methyl sites for hydroxylation is 1. The van der Waals surface area contributed by atoms with E-state index >= 15 is 0 Å². The zero-order chi connectivity index (χ0) is 21.1. The number of hydrogen-bond donors (Lipinski definition) is 1. The van der Waals surface area contributed by atoms with E-state index < -0.39 is 18.1 Å². The molecule has 1 N–H and O–H groups in total. The predicted octanol–water partition coefficient (Wildman–Crippen LogP) is 3.63. The fourth-order valence-corrected chi connectivity index (χ4v) is 4.21. The van der Waals surface area contributed by atoms with Gasteiger partial charge in [0.2, 0.25) is 5.91 Å². The van der Waals surface area contributed by atoms with E-state index in [0.717, 1.165) is 53.9 Å². The number of ether oxygens (including phenoxy) is 1. The van der Waals surface area contributed by atoms with Crippen LogP contribution in [0.5, 0.6) is 5.75 Å². The van der Waals surface area contributed by atoms with Crippen molar-refractivity contribution in [2.45, 2.75) is 51.0 Å². The van der Waals surface area contributed by atoms with E-state index in [1.807, 2.05) is 45.0 Å². The highest BCUT2D eigenvalue weighted by atomic mass is 16.7. The van der Waals surface area contributed by atoms with Crippen molar-refractivity contribution in [1.82, 2.24) is 0 Å². The van der Waals surface area contributed by atoms with E-state index in [-0.39, 0.29) is 5.91 Å². The molecule has 2 fully saturated rings. The van der Waals surface area contributed by atoms with Crippen molar-refractivity contribution in [2.24, 2.45) is 0 Å². The summed E-state index contributed by atoms with van der Waals surface area (Å²) in [5, 5.41) is 3.12. The van der Waals surface area contributed by atoms with Crippen LogP contribution in [0.1, 0.15) is 43.4 Å². The number of rotatable bonds is 4. The third-order valence-electron chi connectivity index (χ3n) is 6.55. The van der Waals surface area contributed by atoms with Gasteiger partial charge in [-0.25, -0.2) is 0 Å². The minimum Gasteiger partial charge on any atom is -0.534 e. The lowest BCUT2D eigenvalue weighted by Crippen LogP contribution is -2.36. The topological polar surface area (TPSA) is 56.8 Å². The lowest BCUT2D eigenvalue weighted by atomic mass is 9.76. The summed E-state index contributed by atoms with van der Waals surface area (Å²) in [5.74, 6) is 1.55. The van der Waals surface area contributed by atoms with Crippen LogP contribution in [0.4, 0.5) is 5.69 Å². The van der Waals surface area contributed by atoms with Gasteiger partial charge in [-0.2, -0.15) is 0 Å². The first kappa shape index (κ1) is 19.3. The fourth-order valence-electron chi connectivity index (χ4n) is 4.21. The molecule has 0 aromatic heterocycles. The Morgan fingerprint density at radius 1 is 1.17 bits per heavy atom. The zero-order valence-electron chi connectivity index (χ0n) is 17.7. The maximum atomic E-state index is 13.2. The second-order valence-corrected chi connectivity index (χ2v) is 9.03. The number of fused-ring (bicyclic) bond motifs is 1. The lowest BCUT2D eigenvalue weighted by molar-refractivity contribution is -0.118. The van der Waals surface area contributed by atoms with Crippen LogP contribution in [0.25, 0.3) is 0 Å². The van der Waals surface area contributed by atoms with Crippen LogP contribution in [0, 0.1) is 6.92 Å². The van der Waals surface area contributed by atoms with Crippen molar-refractivity contribution in [1.29, 1.82) is 0 Å². The van der Waals surface area contributed by atoms with Crippen molar-refractivity contribution in [3.63, 3.8) is 0 Å². The summed E-state index contributed by atoms with van der Waals surface area (Å²) < 4.78 is 17.6. The molecule has 3 aliphatic rings. The molecule has 2 aliphatic heterocycles. The molecule has 5 nitrogen and oxygen atoms in total. The molecule has 5 rings (SSSR count). The zero-order valence-corrected chi connectivity index (χ0v) is 17.7. The fraction of sp³-hybridized carbons (Fsp3) is 0.375. The van der Waals surface area contributed by atoms with Gasteiger partial charge in [0, 0.05) is 17.6 Å². The molecule has 2 heterocycles. The summed E-state index contributed by atoms with van der Waals surface area (Å²) in [5.41, 5.74) is 3.93. The SMILES string of the molecule is C=C1OB(c2cc(NC(=O)C3(c4ccc5c(c4)OCC5)CC3)ccc2C)OC1(C)C. The van der Waals surface area contributed by atoms with E-state index in [1.54, 1.807) is 0 Å². The first-order valence-corrected chi connectivity index (χ1v) is 10.5. The van der Waals surface area contributed by atoms with Gasteiger partial charge in [-0.15, -0.1) is 0 Å². The highest BCUT2D eigenvalue weighted by Crippen LogP contribution is 2.50. The van der Waals surface area contributed by atoms with Gasteiger partial charge in [0.05, 0.1) is 17.8 Å². The monoisotopic (exact) mass is 403 g/mol. The second kappa shape index (κ2) is 6.64. The molecular weight excluding hydrogens is 377 g/mol. The van der Waals surface area contributed by atoms with Crippen LogP contribution in [0.3, 0.4) is 0 Å². The summed E-state index contributed by atoms with van der Waals surface area (Å²) in [6, 6.07) is 12.1. The molecule has 0 spiro atoms. The number of amides is 1. The number of benzene rings is 2. The van der Waals surface area contributed by atoms with Crippen LogP contribution >= 0.6 is 0 Å². The van der Waals surface area contributed by atoms with Gasteiger partial charge in [0.25, 0.3) is 0 Å². The Bertz CT molecular complexity index is 1060. The Labute approximate surface area is 177 Å². The summed E-state index contributed by atoms with van der Waals surface area (Å²) >= 11 is 0. The molecule has 2 aromatic rings. The van der Waals surface area contributed by atoms with Crippen molar-refractivity contribution >= 4 is 24.2 Å². The van der Waals surface area contributed by atoms with Crippen molar-refractivity contribution in [2.75, 3.05) is 11.9 Å². The van der Waals surface area contributed by atoms with Crippen LogP contribution in [0.2, 0.25) is 0 Å². The normalized spacial score (nSPS) is 20.4. The summed E-state index contributed by atoms with van der Waals surface area (Å²) in [4.78, 5) is 13.2. The third-order valence-corrected chi connectivity index (χ3v) is 6.55. The van der Waals surface area contributed by atoms with Gasteiger partial charge >= 0.3 is 7.12 Å². The summed E-state index contributed by atoms with van der Waals surface area (Å²) in [6.45, 7) is 10.6. The van der Waals surface area contributed by atoms with E-state index in [1.165, 1.54) is 5.56 Å². The molecule has 0 radical (unpaired) electrons. The first-order valence-electron chi connectivity index (χ1n) is 10.5. The first-order chi connectivity index (χ1) is 14.3. The highest BCUT2D eigenvalue weighted by Gasteiger charge is 2.51. The van der Waals surface area contributed by atoms with Gasteiger partial charge in [-0.3, -0.25) is 4.79 Å². The smallest absolute Gasteiger partial charge is 0.534 e. The number of hydrogen-bond acceptors (Lipinski definition) is 4. The molecular formula is C24H26BNO4. The third kappa shape index (κ3) is 3.10. The molecule has 1 aliphatic carbocycles. The average Bonchev–Trinajstić information content (AvgIpc) is 3.31. The molecule has 154 valence electrons. The average molecular weight is 403 g/mol. The largest absolute Gasteiger partial charge is 0.563 e. The number of anilines is 1. The molecule has 1 saturated carbocycles. The van der Waals surface area contributed by atoms with Crippen LogP contribution < -0.4 is 15.5 Å². The molecule has 1 saturated heterocycles. The minimum atomic E-state index is -0.538. The van der Waals surface area contributed by atoms with Crippen molar-refractivity contribution in [3.8, 4) is 5.75 Å². The van der Waals surface area contributed by atoms with Gasteiger partial charge in [-0.1, -0.05) is 24.8 Å². The summed E-state index contributed by atoms with van der Waals surface area (Å²) in [7, 11) is -0.520. The molecule has 30 heavy (non-hydrogen) atoms. The number of nitrogens with one attached hydrogen (secondary N) is 1.